The fourth-order valence-corrected chi connectivity index (χ4v) is 4.93. The van der Waals surface area contributed by atoms with Crippen LogP contribution in [0.25, 0.3) is 55.7 Å². The Labute approximate surface area is 266 Å². The van der Waals surface area contributed by atoms with Crippen LogP contribution in [-0.4, -0.2) is 15.0 Å². The summed E-state index contributed by atoms with van der Waals surface area (Å²) in [5.74, 6) is 0. The number of aryl methyl sites for hydroxylation is 2. The van der Waals surface area contributed by atoms with E-state index in [0.29, 0.717) is 0 Å². The third kappa shape index (κ3) is 7.01. The van der Waals surface area contributed by atoms with E-state index in [1.807, 2.05) is 79.3 Å². The van der Waals surface area contributed by atoms with Gasteiger partial charge in [0.1, 0.15) is 0 Å². The van der Waals surface area contributed by atoms with Gasteiger partial charge in [-0.25, -0.2) is 0 Å². The van der Waals surface area contributed by atoms with Crippen molar-refractivity contribution in [1.82, 2.24) is 15.0 Å². The normalized spacial score (nSPS) is 10.4. The van der Waals surface area contributed by atoms with Crippen LogP contribution in [0.3, 0.4) is 0 Å². The van der Waals surface area contributed by atoms with E-state index < -0.39 is 0 Å². The summed E-state index contributed by atoms with van der Waals surface area (Å²) in [5, 5.41) is 1.15. The molecule has 0 bridgehead atoms. The number of nitrogens with zero attached hydrogens (tertiary/aromatic N) is 3. The van der Waals surface area contributed by atoms with Gasteiger partial charge in [-0.05, 0) is 60.1 Å². The minimum Gasteiger partial charge on any atom is -0.305 e. The van der Waals surface area contributed by atoms with Crippen molar-refractivity contribution in [2.45, 2.75) is 13.8 Å². The van der Waals surface area contributed by atoms with Gasteiger partial charge >= 0.3 is 0 Å². The van der Waals surface area contributed by atoms with Gasteiger partial charge in [0.25, 0.3) is 0 Å². The summed E-state index contributed by atoms with van der Waals surface area (Å²) in [6, 6.07) is 47.6. The minimum absolute atomic E-state index is 0. The molecule has 0 aliphatic carbocycles. The number of hydrogen-bond acceptors (Lipinski definition) is 3. The van der Waals surface area contributed by atoms with E-state index in [1.54, 1.807) is 0 Å². The summed E-state index contributed by atoms with van der Waals surface area (Å²) in [6.45, 7) is 4.17. The van der Waals surface area contributed by atoms with Crippen LogP contribution in [-0.2, 0) is 20.1 Å². The van der Waals surface area contributed by atoms with E-state index >= 15 is 0 Å². The number of aromatic nitrogens is 3. The monoisotopic (exact) mass is 732 g/mol. The van der Waals surface area contributed by atoms with E-state index in [-0.39, 0.29) is 20.1 Å². The molecular weight excluding hydrogens is 703 g/mol. The Morgan fingerprint density at radius 3 is 2.02 bits per heavy atom. The number of hydrogen-bond donors (Lipinski definition) is 0. The van der Waals surface area contributed by atoms with E-state index in [1.165, 1.54) is 22.3 Å². The Hall–Kier alpha value is -4.76. The van der Waals surface area contributed by atoms with Crippen LogP contribution in [0.15, 0.2) is 140 Å². The van der Waals surface area contributed by atoms with Crippen LogP contribution in [0.1, 0.15) is 11.1 Å². The molecule has 43 heavy (non-hydrogen) atoms. The molecule has 0 spiro atoms. The standard InChI is InChI=1S/C27H19N2.C12H10N.Ir/c1-19-10-12-20(13-11-19)23-14-15-24(27-25(23)8-5-17-29-27)21-6-4-7-22(18-21)26-9-2-3-16-28-26;1-10-7-8-13-12(9-10)11-5-3-2-4-6-11;/h2-6,8-18H,1H3;2-5,7-9H,1H3;/q2*-1;. The van der Waals surface area contributed by atoms with Gasteiger partial charge in [0.15, 0.2) is 0 Å². The third-order valence-corrected chi connectivity index (χ3v) is 7.09. The molecule has 0 aliphatic rings. The van der Waals surface area contributed by atoms with Crippen molar-refractivity contribution >= 4 is 10.9 Å². The van der Waals surface area contributed by atoms with Gasteiger partial charge in [-0.2, -0.15) is 0 Å². The smallest absolute Gasteiger partial charge is 0.0770 e. The molecular formula is C39H29IrN3-2. The summed E-state index contributed by atoms with van der Waals surface area (Å²) in [6.07, 6.45) is 5.49. The average Bonchev–Trinajstić information content (AvgIpc) is 3.06. The molecule has 3 nitrogen and oxygen atoms in total. The minimum atomic E-state index is 0. The van der Waals surface area contributed by atoms with Crippen molar-refractivity contribution in [3.05, 3.63) is 163 Å². The maximum Gasteiger partial charge on any atom is 0.0770 e. The van der Waals surface area contributed by atoms with Gasteiger partial charge in [0.05, 0.1) is 5.52 Å². The van der Waals surface area contributed by atoms with Gasteiger partial charge < -0.3 is 9.97 Å². The molecule has 7 aromatic rings. The molecule has 1 radical (unpaired) electrons. The molecule has 211 valence electrons. The fourth-order valence-electron chi connectivity index (χ4n) is 4.93. The van der Waals surface area contributed by atoms with Gasteiger partial charge in [-0.15, -0.1) is 65.7 Å². The molecule has 3 heterocycles. The first-order valence-corrected chi connectivity index (χ1v) is 13.9. The number of pyridine rings is 3. The van der Waals surface area contributed by atoms with E-state index in [2.05, 4.69) is 96.6 Å². The number of benzene rings is 4. The molecule has 4 aromatic carbocycles. The maximum absolute atomic E-state index is 4.74. The van der Waals surface area contributed by atoms with Gasteiger partial charge in [-0.3, -0.25) is 4.98 Å². The zero-order valence-corrected chi connectivity index (χ0v) is 26.3. The summed E-state index contributed by atoms with van der Waals surface area (Å²) < 4.78 is 0. The second kappa shape index (κ2) is 13.9. The Morgan fingerprint density at radius 1 is 0.488 bits per heavy atom. The van der Waals surface area contributed by atoms with Crippen molar-refractivity contribution in [3.8, 4) is 44.8 Å². The number of fused-ring (bicyclic) bond motifs is 1. The molecule has 4 heteroatoms. The zero-order chi connectivity index (χ0) is 28.7. The van der Waals surface area contributed by atoms with Crippen molar-refractivity contribution in [1.29, 1.82) is 0 Å². The molecule has 0 unspecified atom stereocenters. The topological polar surface area (TPSA) is 38.7 Å². The van der Waals surface area contributed by atoms with Gasteiger partial charge in [-0.1, -0.05) is 77.4 Å². The van der Waals surface area contributed by atoms with E-state index in [0.717, 1.165) is 44.5 Å². The average molecular weight is 732 g/mol. The summed E-state index contributed by atoms with van der Waals surface area (Å²) in [7, 11) is 0. The van der Waals surface area contributed by atoms with Crippen molar-refractivity contribution < 1.29 is 20.1 Å². The van der Waals surface area contributed by atoms with Crippen LogP contribution in [0.2, 0.25) is 0 Å². The Balaban J connectivity index is 0.000000221. The summed E-state index contributed by atoms with van der Waals surface area (Å²) >= 11 is 0. The quantitative estimate of drug-likeness (QED) is 0.169. The molecule has 0 atom stereocenters. The molecule has 3 aromatic heterocycles. The predicted octanol–water partition coefficient (Wildman–Crippen LogP) is 9.59. The van der Waals surface area contributed by atoms with Crippen molar-refractivity contribution in [2.75, 3.05) is 0 Å². The second-order valence-corrected chi connectivity index (χ2v) is 10.1. The molecule has 0 aliphatic heterocycles. The first kappa shape index (κ1) is 29.7. The Morgan fingerprint density at radius 2 is 1.26 bits per heavy atom. The van der Waals surface area contributed by atoms with Crippen LogP contribution in [0.4, 0.5) is 0 Å². The molecule has 0 amide bonds. The van der Waals surface area contributed by atoms with Crippen LogP contribution in [0.5, 0.6) is 0 Å². The van der Waals surface area contributed by atoms with E-state index in [4.69, 9.17) is 4.98 Å². The summed E-state index contributed by atoms with van der Waals surface area (Å²) in [4.78, 5) is 13.5. The SMILES string of the molecule is Cc1ccc(-c2ccc(-c3cc[c-]c(-c4ccccn4)c3)c3ncccc23)cc1.Cc1ccnc(-c2[c-]cccc2)c1.[Ir]. The molecule has 7 rings (SSSR count). The predicted molar refractivity (Wildman–Crippen MR) is 173 cm³/mol. The Bertz CT molecular complexity index is 1940. The van der Waals surface area contributed by atoms with E-state index in [9.17, 15) is 0 Å². The molecule has 0 fully saturated rings. The number of rotatable bonds is 4. The van der Waals surface area contributed by atoms with Crippen LogP contribution >= 0.6 is 0 Å². The van der Waals surface area contributed by atoms with Gasteiger partial charge in [0.2, 0.25) is 0 Å². The first-order valence-electron chi connectivity index (χ1n) is 13.9. The fraction of sp³-hybridized carbons (Fsp3) is 0.0513. The van der Waals surface area contributed by atoms with Crippen molar-refractivity contribution in [2.24, 2.45) is 0 Å². The third-order valence-electron chi connectivity index (χ3n) is 7.09. The van der Waals surface area contributed by atoms with Crippen molar-refractivity contribution in [3.63, 3.8) is 0 Å². The second-order valence-electron chi connectivity index (χ2n) is 10.1. The van der Waals surface area contributed by atoms with Crippen LogP contribution < -0.4 is 0 Å². The Kier molecular flexibility index (Phi) is 9.63. The maximum atomic E-state index is 4.74. The molecule has 0 saturated carbocycles. The molecule has 0 saturated heterocycles. The molecule has 0 N–H and O–H groups in total. The van der Waals surface area contributed by atoms with Gasteiger partial charge in [0, 0.05) is 44.1 Å². The first-order chi connectivity index (χ1) is 20.7. The zero-order valence-electron chi connectivity index (χ0n) is 24.0. The van der Waals surface area contributed by atoms with Crippen LogP contribution in [0, 0.1) is 26.0 Å². The summed E-state index contributed by atoms with van der Waals surface area (Å²) in [5.41, 5.74) is 12.1. The largest absolute Gasteiger partial charge is 0.305 e.